The van der Waals surface area contributed by atoms with E-state index in [0.29, 0.717) is 89.5 Å². The Kier molecular flexibility index (Phi) is 35.0. The maximum Gasteiger partial charge on any atom is 0.254 e. The van der Waals surface area contributed by atoms with Crippen LogP contribution in [0.25, 0.3) is 0 Å². The van der Waals surface area contributed by atoms with Crippen molar-refractivity contribution < 1.29 is 47.0 Å². The van der Waals surface area contributed by atoms with Gasteiger partial charge in [-0.1, -0.05) is 189 Å². The van der Waals surface area contributed by atoms with E-state index >= 15 is 0 Å². The van der Waals surface area contributed by atoms with Crippen LogP contribution in [-0.2, 0) is 19.6 Å². The summed E-state index contributed by atoms with van der Waals surface area (Å²) >= 11 is 0. The Labute approximate surface area is 759 Å². The molecule has 15 rings (SSSR count). The van der Waals surface area contributed by atoms with E-state index in [2.05, 4.69) is 122 Å². The van der Waals surface area contributed by atoms with Gasteiger partial charge in [0, 0.05) is 96.2 Å². The molecule has 0 aliphatic rings. The molecule has 0 bridgehead atoms. The van der Waals surface area contributed by atoms with E-state index in [9.17, 15) is 32.8 Å². The van der Waals surface area contributed by atoms with Crippen LogP contribution in [0.3, 0.4) is 0 Å². The van der Waals surface area contributed by atoms with Gasteiger partial charge < -0.3 is 96.0 Å². The number of para-hydroxylation sites is 7. The fourth-order valence-corrected chi connectivity index (χ4v) is 12.5. The number of amides is 5. The van der Waals surface area contributed by atoms with Crippen LogP contribution in [0.4, 0.5) is 96.0 Å². The smallest absolute Gasteiger partial charge is 0.254 e. The molecule has 132 heavy (non-hydrogen) atoms. The number of nitrogens with zero attached hydrogens (tertiary/aromatic N) is 10. The summed E-state index contributed by atoms with van der Waals surface area (Å²) in [4.78, 5) is 101. The van der Waals surface area contributed by atoms with Crippen molar-refractivity contribution in [3.63, 3.8) is 0 Å². The van der Waals surface area contributed by atoms with Crippen molar-refractivity contribution in [3.8, 4) is 17.2 Å². The Morgan fingerprint density at radius 1 is 0.341 bits per heavy atom. The third-order valence-electron chi connectivity index (χ3n) is 19.0. The predicted molar refractivity (Wildman–Crippen MR) is 508 cm³/mol. The summed E-state index contributed by atoms with van der Waals surface area (Å²) in [5, 5.41) is 31.2. The van der Waals surface area contributed by atoms with E-state index in [4.69, 9.17) is 42.9 Å². The molecule has 5 heterocycles. The zero-order valence-corrected chi connectivity index (χ0v) is 72.4. The van der Waals surface area contributed by atoms with Gasteiger partial charge in [0.1, 0.15) is 74.3 Å². The van der Waals surface area contributed by atoms with E-state index in [1.54, 1.807) is 26.4 Å². The Hall–Kier alpha value is -17.8. The predicted octanol–water partition coefficient (Wildman–Crippen LogP) is 16.9. The van der Waals surface area contributed by atoms with Gasteiger partial charge >= 0.3 is 0 Å². The maximum atomic E-state index is 13.2. The minimum atomic E-state index is -0.679. The number of nitrogens with one attached hydrogen (secondary N) is 10. The Morgan fingerprint density at radius 3 is 0.992 bits per heavy atom. The first-order valence-electron chi connectivity index (χ1n) is 41.3. The van der Waals surface area contributed by atoms with Gasteiger partial charge in [-0.3, -0.25) is 24.0 Å². The summed E-state index contributed by atoms with van der Waals surface area (Å²) in [6.07, 6.45) is 7.84. The standard InChI is InChI=1S/C20H21N5O3.C20H21N5O2.C20H21N5O.C19H19N5O.C18H15F2N5O/c1-27-16-10-6-7-13(17(16)28-2)11-22-20-23-12-15(18(21)26)19(25-20)24-14-8-4-3-5-9-14;1-2-27-17-11-7-6-8-14(17)12-22-20-23-13-16(18(21)26)19(25-20)24-15-9-4-3-5-10-15;1-2-17(14-9-5-3-6-10-14)24-20-22-13-16(18(21)26)19(25-20)23-15-11-7-4-8-12-15;1-13(14-8-4-2-5-9-14)22-19-21-12-16(17(20)25)18(24-19)23-15-10-6-3-7-11-15;19-12-6-11(7-13(20)8-12)9-22-18-23-10-15(16(21)26)17(25-18)24-14-4-2-1-3-5-14/h3-10,12H,11H2,1-2H3,(H2,21,26)(H2,22,23,24,25);3-11,13H,2,12H2,1H3,(H2,21,26)(H2,22,23,24,25);3-13,17H,2H2,1H3,(H2,21,26)(H2,22,23,24,25);2-13H,1H3,(H2,20,25)(H2,21,22,23,24);1-8,10H,9H2,(H2,21,26)(H2,22,23,24,25). The lowest BCUT2D eigenvalue weighted by Gasteiger charge is -2.18. The van der Waals surface area contributed by atoms with Crippen molar-refractivity contribution >= 4 is 117 Å². The molecular formula is C97H97F2N25O8. The number of carbonyl (C=O) groups excluding carboxylic acids is 5. The van der Waals surface area contributed by atoms with Crippen LogP contribution in [-0.4, -0.2) is 100 Å². The summed E-state index contributed by atoms with van der Waals surface area (Å²) in [5.74, 6) is 1.10. The monoisotopic (exact) mass is 1780 g/mol. The zero-order chi connectivity index (χ0) is 93.5. The molecule has 10 aromatic carbocycles. The van der Waals surface area contributed by atoms with Gasteiger partial charge in [0.2, 0.25) is 29.7 Å². The molecular weight excluding hydrogens is 1680 g/mol. The average Bonchev–Trinajstić information content (AvgIpc) is 0.842. The first-order valence-corrected chi connectivity index (χ1v) is 41.3. The number of halogens is 2. The molecule has 0 aliphatic carbocycles. The number of benzene rings is 10. The van der Waals surface area contributed by atoms with Crippen molar-refractivity contribution in [3.05, 3.63) is 371 Å². The van der Waals surface area contributed by atoms with Crippen molar-refractivity contribution in [2.24, 2.45) is 28.7 Å². The molecule has 0 radical (unpaired) electrons. The van der Waals surface area contributed by atoms with Gasteiger partial charge in [-0.2, -0.15) is 24.9 Å². The first kappa shape index (κ1) is 94.9. The maximum absolute atomic E-state index is 13.2. The molecule has 33 nitrogen and oxygen atoms in total. The Balaban J connectivity index is 0.000000159. The van der Waals surface area contributed by atoms with Gasteiger partial charge in [0.05, 0.1) is 32.9 Å². The van der Waals surface area contributed by atoms with Crippen molar-refractivity contribution in [1.82, 2.24) is 49.8 Å². The van der Waals surface area contributed by atoms with Crippen molar-refractivity contribution in [2.75, 3.05) is 74.0 Å². The molecule has 15 aromatic rings. The third kappa shape index (κ3) is 28.6. The van der Waals surface area contributed by atoms with E-state index in [-0.39, 0.29) is 58.2 Å². The van der Waals surface area contributed by atoms with E-state index < -0.39 is 41.2 Å². The SMILES string of the molecule is CC(Nc1ncc(C(N)=O)c(Nc2ccccc2)n1)c1ccccc1.CCC(Nc1ncc(C(N)=O)c(Nc2ccccc2)n1)c1ccccc1.CCOc1ccccc1CNc1ncc(C(N)=O)c(Nc2ccccc2)n1.COc1cccc(CNc2ncc(C(N)=O)c(Nc3ccccc3)n2)c1OC.NC(=O)c1cnc(NCc2cc(F)cc(F)c2)nc1Nc1ccccc1. The van der Waals surface area contributed by atoms with Gasteiger partial charge in [0.15, 0.2) is 11.5 Å². The van der Waals surface area contributed by atoms with Crippen LogP contribution in [0.5, 0.6) is 17.2 Å². The van der Waals surface area contributed by atoms with Crippen molar-refractivity contribution in [2.45, 2.75) is 58.9 Å². The number of primary amides is 5. The Bertz CT molecular complexity index is 6280. The highest BCUT2D eigenvalue weighted by Crippen LogP contribution is 2.33. The lowest BCUT2D eigenvalue weighted by atomic mass is 10.1. The normalized spacial score (nSPS) is 10.8. The molecule has 5 amide bonds. The molecule has 0 saturated carbocycles. The summed E-state index contributed by atoms with van der Waals surface area (Å²) in [6.45, 7) is 7.63. The minimum absolute atomic E-state index is 0.0187. The average molecular weight is 1780 g/mol. The number of methoxy groups -OCH3 is 2. The number of aromatic nitrogens is 10. The summed E-state index contributed by atoms with van der Waals surface area (Å²) in [6, 6.07) is 83.6. The van der Waals surface area contributed by atoms with Gasteiger partial charge in [0.25, 0.3) is 29.5 Å². The van der Waals surface area contributed by atoms with Crippen LogP contribution in [0.2, 0.25) is 0 Å². The second-order valence-corrected chi connectivity index (χ2v) is 28.4. The lowest BCUT2D eigenvalue weighted by molar-refractivity contribution is 0.0992. The quantitative estimate of drug-likeness (QED) is 0.0175. The highest BCUT2D eigenvalue weighted by molar-refractivity contribution is 6.01. The lowest BCUT2D eigenvalue weighted by Crippen LogP contribution is -2.17. The number of anilines is 15. The zero-order valence-electron chi connectivity index (χ0n) is 72.4. The van der Waals surface area contributed by atoms with Gasteiger partial charge in [-0.15, -0.1) is 0 Å². The third-order valence-corrected chi connectivity index (χ3v) is 19.0. The molecule has 5 aromatic heterocycles. The van der Waals surface area contributed by atoms with Crippen LogP contribution in [0.15, 0.2) is 304 Å². The highest BCUT2D eigenvalue weighted by atomic mass is 19.1. The Morgan fingerprint density at radius 2 is 0.644 bits per heavy atom. The fourth-order valence-electron chi connectivity index (χ4n) is 12.5. The van der Waals surface area contributed by atoms with Crippen LogP contribution < -0.4 is 96.0 Å². The van der Waals surface area contributed by atoms with Crippen molar-refractivity contribution in [1.29, 1.82) is 0 Å². The number of nitrogens with two attached hydrogens (primary N) is 5. The molecule has 2 unspecified atom stereocenters. The number of rotatable bonds is 35. The summed E-state index contributed by atoms with van der Waals surface area (Å²) in [5.41, 5.74) is 36.6. The molecule has 35 heteroatoms. The first-order chi connectivity index (χ1) is 64.1. The fraction of sp³-hybridized carbons (Fsp3) is 0.124. The number of carbonyl (C=O) groups is 5. The molecule has 0 spiro atoms. The van der Waals surface area contributed by atoms with Crippen LogP contribution >= 0.6 is 0 Å². The van der Waals surface area contributed by atoms with Gasteiger partial charge in [-0.25, -0.2) is 33.7 Å². The van der Waals surface area contributed by atoms with Crippen LogP contribution in [0, 0.1) is 11.6 Å². The topological polar surface area (TPSA) is 492 Å². The van der Waals surface area contributed by atoms with E-state index in [1.165, 1.54) is 43.1 Å². The molecule has 0 saturated heterocycles. The molecule has 0 aliphatic heterocycles. The molecule has 20 N–H and O–H groups in total. The summed E-state index contributed by atoms with van der Waals surface area (Å²) in [7, 11) is 3.17. The largest absolute Gasteiger partial charge is 0.494 e. The number of hydrogen-bond donors (Lipinski definition) is 15. The number of hydrogen-bond acceptors (Lipinski definition) is 28. The van der Waals surface area contributed by atoms with Crippen LogP contribution in [0.1, 0.15) is 119 Å². The summed E-state index contributed by atoms with van der Waals surface area (Å²) < 4.78 is 42.8. The highest BCUT2D eigenvalue weighted by Gasteiger charge is 2.21. The molecule has 2 atom stereocenters. The van der Waals surface area contributed by atoms with E-state index in [0.717, 1.165) is 63.2 Å². The second kappa shape index (κ2) is 48.6. The molecule has 0 fully saturated rings. The minimum Gasteiger partial charge on any atom is -0.494 e. The van der Waals surface area contributed by atoms with E-state index in [1.807, 2.05) is 244 Å². The van der Waals surface area contributed by atoms with Gasteiger partial charge in [-0.05, 0) is 122 Å². The number of ether oxygens (including phenoxy) is 3. The second-order valence-electron chi connectivity index (χ2n) is 28.4. The molecule has 672 valence electrons.